The molecule has 0 spiro atoms. The highest BCUT2D eigenvalue weighted by Crippen LogP contribution is 2.21. The molecular formula is C13H26O3. The normalized spacial score (nSPS) is 17.1. The van der Waals surface area contributed by atoms with Gasteiger partial charge in [0.25, 0.3) is 0 Å². The van der Waals surface area contributed by atoms with Gasteiger partial charge in [0.2, 0.25) is 0 Å². The Hall–Kier alpha value is -0.570. The molecule has 3 nitrogen and oxygen atoms in total. The quantitative estimate of drug-likeness (QED) is 0.673. The number of hydrogen-bond acceptors (Lipinski definition) is 2. The van der Waals surface area contributed by atoms with E-state index < -0.39 is 11.6 Å². The van der Waals surface area contributed by atoms with Crippen LogP contribution in [-0.2, 0) is 4.79 Å². The summed E-state index contributed by atoms with van der Waals surface area (Å²) in [6, 6.07) is 0. The van der Waals surface area contributed by atoms with Crippen molar-refractivity contribution in [3.05, 3.63) is 0 Å². The summed E-state index contributed by atoms with van der Waals surface area (Å²) in [5, 5.41) is 18.3. The zero-order chi connectivity index (χ0) is 12.8. The molecule has 0 radical (unpaired) electrons. The van der Waals surface area contributed by atoms with E-state index in [1.165, 1.54) is 19.8 Å². The minimum Gasteiger partial charge on any atom is -0.479 e. The van der Waals surface area contributed by atoms with Crippen LogP contribution in [0, 0.1) is 11.8 Å². The Balaban J connectivity index is 3.73. The third-order valence-corrected chi connectivity index (χ3v) is 3.06. The lowest BCUT2D eigenvalue weighted by molar-refractivity contribution is -0.157. The maximum atomic E-state index is 10.7. The number of aliphatic hydroxyl groups is 1. The molecule has 0 saturated carbocycles. The second-order valence-electron chi connectivity index (χ2n) is 5.55. The fourth-order valence-electron chi connectivity index (χ4n) is 1.65. The maximum Gasteiger partial charge on any atom is 0.335 e. The summed E-state index contributed by atoms with van der Waals surface area (Å²) in [5.41, 5.74) is -1.56. The van der Waals surface area contributed by atoms with Crippen molar-refractivity contribution in [3.63, 3.8) is 0 Å². The average Bonchev–Trinajstić information content (AvgIpc) is 2.14. The molecule has 96 valence electrons. The fourth-order valence-corrected chi connectivity index (χ4v) is 1.65. The van der Waals surface area contributed by atoms with E-state index in [-0.39, 0.29) is 0 Å². The van der Waals surface area contributed by atoms with Gasteiger partial charge >= 0.3 is 5.97 Å². The van der Waals surface area contributed by atoms with E-state index >= 15 is 0 Å². The zero-order valence-corrected chi connectivity index (χ0v) is 11.0. The number of carboxylic acids is 1. The van der Waals surface area contributed by atoms with Crippen molar-refractivity contribution < 1.29 is 15.0 Å². The van der Waals surface area contributed by atoms with Gasteiger partial charge in [0.15, 0.2) is 5.60 Å². The fraction of sp³-hybridized carbons (Fsp3) is 0.923. The Bertz CT molecular complexity index is 209. The van der Waals surface area contributed by atoms with Crippen LogP contribution in [0.3, 0.4) is 0 Å². The van der Waals surface area contributed by atoms with Gasteiger partial charge in [0.1, 0.15) is 0 Å². The Morgan fingerprint density at radius 3 is 2.19 bits per heavy atom. The Morgan fingerprint density at radius 2 is 1.75 bits per heavy atom. The summed E-state index contributed by atoms with van der Waals surface area (Å²) >= 11 is 0. The van der Waals surface area contributed by atoms with Crippen molar-refractivity contribution in [3.8, 4) is 0 Å². The molecule has 3 heteroatoms. The Labute approximate surface area is 98.9 Å². The molecule has 0 aromatic heterocycles. The maximum absolute atomic E-state index is 10.7. The highest BCUT2D eigenvalue weighted by Gasteiger charge is 2.29. The zero-order valence-electron chi connectivity index (χ0n) is 11.0. The predicted molar refractivity (Wildman–Crippen MR) is 65.3 cm³/mol. The van der Waals surface area contributed by atoms with Crippen molar-refractivity contribution in [2.75, 3.05) is 0 Å². The molecular weight excluding hydrogens is 204 g/mol. The van der Waals surface area contributed by atoms with E-state index in [1.54, 1.807) is 0 Å². The first kappa shape index (κ1) is 15.4. The number of hydrogen-bond donors (Lipinski definition) is 2. The van der Waals surface area contributed by atoms with Crippen LogP contribution in [0.25, 0.3) is 0 Å². The first-order valence-corrected chi connectivity index (χ1v) is 6.21. The van der Waals surface area contributed by atoms with Crippen LogP contribution in [0.2, 0.25) is 0 Å². The van der Waals surface area contributed by atoms with Crippen LogP contribution in [0.15, 0.2) is 0 Å². The lowest BCUT2D eigenvalue weighted by Crippen LogP contribution is -2.35. The lowest BCUT2D eigenvalue weighted by atomic mass is 9.91. The predicted octanol–water partition coefficient (Wildman–Crippen LogP) is 3.06. The molecule has 2 N–H and O–H groups in total. The SMILES string of the molecule is CC(C)CCCC(C)CCC(C)(O)C(=O)O. The summed E-state index contributed by atoms with van der Waals surface area (Å²) in [6.45, 7) is 7.91. The van der Waals surface area contributed by atoms with Gasteiger partial charge in [-0.05, 0) is 31.6 Å². The Morgan fingerprint density at radius 1 is 1.19 bits per heavy atom. The van der Waals surface area contributed by atoms with Crippen molar-refractivity contribution in [1.82, 2.24) is 0 Å². The number of rotatable bonds is 8. The molecule has 0 rings (SSSR count). The second kappa shape index (κ2) is 6.89. The summed E-state index contributed by atoms with van der Waals surface area (Å²) < 4.78 is 0. The van der Waals surface area contributed by atoms with Crippen LogP contribution in [0.5, 0.6) is 0 Å². The molecule has 2 atom stereocenters. The smallest absolute Gasteiger partial charge is 0.335 e. The van der Waals surface area contributed by atoms with Crippen LogP contribution in [0.1, 0.15) is 59.8 Å². The van der Waals surface area contributed by atoms with Gasteiger partial charge in [-0.2, -0.15) is 0 Å². The average molecular weight is 230 g/mol. The van der Waals surface area contributed by atoms with Crippen molar-refractivity contribution in [2.24, 2.45) is 11.8 Å². The highest BCUT2D eigenvalue weighted by molar-refractivity contribution is 5.76. The topological polar surface area (TPSA) is 57.5 Å². The third kappa shape index (κ3) is 6.83. The highest BCUT2D eigenvalue weighted by atomic mass is 16.4. The Kier molecular flexibility index (Phi) is 6.65. The molecule has 0 aliphatic carbocycles. The summed E-state index contributed by atoms with van der Waals surface area (Å²) in [4.78, 5) is 10.7. The molecule has 0 aromatic rings. The van der Waals surface area contributed by atoms with E-state index in [4.69, 9.17) is 5.11 Å². The molecule has 0 amide bonds. The van der Waals surface area contributed by atoms with Crippen LogP contribution < -0.4 is 0 Å². The summed E-state index contributed by atoms with van der Waals surface area (Å²) in [5.74, 6) is 0.0979. The minimum atomic E-state index is -1.56. The molecule has 0 bridgehead atoms. The third-order valence-electron chi connectivity index (χ3n) is 3.06. The monoisotopic (exact) mass is 230 g/mol. The molecule has 0 aromatic carbocycles. The second-order valence-corrected chi connectivity index (χ2v) is 5.55. The molecule has 0 aliphatic rings. The van der Waals surface area contributed by atoms with Gasteiger partial charge in [0.05, 0.1) is 0 Å². The number of carboxylic acid groups (broad SMARTS) is 1. The number of aliphatic carboxylic acids is 1. The van der Waals surface area contributed by atoms with Gasteiger partial charge in [0, 0.05) is 0 Å². The van der Waals surface area contributed by atoms with Crippen LogP contribution >= 0.6 is 0 Å². The largest absolute Gasteiger partial charge is 0.479 e. The van der Waals surface area contributed by atoms with Gasteiger partial charge in [-0.3, -0.25) is 0 Å². The summed E-state index contributed by atoms with van der Waals surface area (Å²) in [7, 11) is 0. The molecule has 2 unspecified atom stereocenters. The molecule has 0 saturated heterocycles. The van der Waals surface area contributed by atoms with E-state index in [2.05, 4.69) is 20.8 Å². The number of carbonyl (C=O) groups is 1. The molecule has 0 fully saturated rings. The molecule has 16 heavy (non-hydrogen) atoms. The van der Waals surface area contributed by atoms with Crippen molar-refractivity contribution >= 4 is 5.97 Å². The van der Waals surface area contributed by atoms with E-state index in [0.29, 0.717) is 12.3 Å². The lowest BCUT2D eigenvalue weighted by Gasteiger charge is -2.20. The van der Waals surface area contributed by atoms with Crippen molar-refractivity contribution in [1.29, 1.82) is 0 Å². The van der Waals surface area contributed by atoms with Gasteiger partial charge < -0.3 is 10.2 Å². The molecule has 0 aliphatic heterocycles. The standard InChI is InChI=1S/C13H26O3/c1-10(2)6-5-7-11(3)8-9-13(4,16)12(14)15/h10-11,16H,5-9H2,1-4H3,(H,14,15). The first-order valence-electron chi connectivity index (χ1n) is 6.21. The van der Waals surface area contributed by atoms with Gasteiger partial charge in [-0.1, -0.05) is 40.0 Å². The van der Waals surface area contributed by atoms with E-state index in [0.717, 1.165) is 18.8 Å². The summed E-state index contributed by atoms with van der Waals surface area (Å²) in [6.07, 6.45) is 4.64. The minimum absolute atomic E-state index is 0.338. The van der Waals surface area contributed by atoms with Gasteiger partial charge in [-0.15, -0.1) is 0 Å². The van der Waals surface area contributed by atoms with Crippen LogP contribution in [-0.4, -0.2) is 21.8 Å². The van der Waals surface area contributed by atoms with E-state index in [9.17, 15) is 9.90 Å². The van der Waals surface area contributed by atoms with Crippen LogP contribution in [0.4, 0.5) is 0 Å². The molecule has 0 heterocycles. The van der Waals surface area contributed by atoms with Gasteiger partial charge in [-0.25, -0.2) is 4.79 Å². The van der Waals surface area contributed by atoms with E-state index in [1.807, 2.05) is 0 Å². The van der Waals surface area contributed by atoms with Crippen molar-refractivity contribution in [2.45, 2.75) is 65.4 Å². The first-order chi connectivity index (χ1) is 7.25.